The number of para-hydroxylation sites is 1. The van der Waals surface area contributed by atoms with E-state index >= 15 is 0 Å². The van der Waals surface area contributed by atoms with Gasteiger partial charge in [-0.1, -0.05) is 48.5 Å². The summed E-state index contributed by atoms with van der Waals surface area (Å²) in [5.41, 5.74) is 0.944. The molecule has 0 aliphatic rings. The number of fused-ring (bicyclic) bond motifs is 1. The van der Waals surface area contributed by atoms with E-state index in [4.69, 9.17) is 4.74 Å². The molecule has 7 nitrogen and oxygen atoms in total. The first-order valence-corrected chi connectivity index (χ1v) is 11.9. The highest BCUT2D eigenvalue weighted by Gasteiger charge is 2.33. The third-order valence-corrected chi connectivity index (χ3v) is 6.70. The molecule has 0 saturated heterocycles. The summed E-state index contributed by atoms with van der Waals surface area (Å²) in [6.45, 7) is -0.0758. The lowest BCUT2D eigenvalue weighted by molar-refractivity contribution is -0.147. The molecule has 0 fully saturated rings. The number of alkyl halides is 3. The maximum atomic E-state index is 12.9. The number of ether oxygens (including phenoxy) is 1. The molecule has 2 aromatic heterocycles. The quantitative estimate of drug-likeness (QED) is 0.351. The van der Waals surface area contributed by atoms with Crippen molar-refractivity contribution in [3.8, 4) is 0 Å². The normalized spacial score (nSPS) is 13.0. The number of carbonyl (C=O) groups is 1. The summed E-state index contributed by atoms with van der Waals surface area (Å²) in [7, 11) is -4.40. The monoisotopic (exact) mass is 503 g/mol. The minimum atomic E-state index is -4.71. The van der Waals surface area contributed by atoms with Crippen LogP contribution in [0.25, 0.3) is 10.9 Å². The molecular formula is C24H20F3N3O4S. The number of rotatable bonds is 8. The zero-order valence-electron chi connectivity index (χ0n) is 18.1. The number of aromatic amines is 1. The Labute approximate surface area is 199 Å². The van der Waals surface area contributed by atoms with Crippen LogP contribution in [0.4, 0.5) is 13.2 Å². The van der Waals surface area contributed by atoms with Gasteiger partial charge in [-0.3, -0.25) is 9.78 Å². The fourth-order valence-corrected chi connectivity index (χ4v) is 4.61. The van der Waals surface area contributed by atoms with Crippen molar-refractivity contribution in [1.82, 2.24) is 14.7 Å². The molecule has 182 valence electrons. The van der Waals surface area contributed by atoms with Gasteiger partial charge in [-0.05, 0) is 29.3 Å². The molecule has 0 bridgehead atoms. The van der Waals surface area contributed by atoms with E-state index in [-0.39, 0.29) is 13.0 Å². The third-order valence-electron chi connectivity index (χ3n) is 5.24. The van der Waals surface area contributed by atoms with E-state index in [0.29, 0.717) is 23.4 Å². The molecule has 1 atom stereocenters. The highest BCUT2D eigenvalue weighted by atomic mass is 32.2. The molecule has 0 amide bonds. The average Bonchev–Trinajstić information content (AvgIpc) is 3.25. The minimum absolute atomic E-state index is 0.0507. The van der Waals surface area contributed by atoms with Crippen molar-refractivity contribution < 1.29 is 31.1 Å². The summed E-state index contributed by atoms with van der Waals surface area (Å²) in [4.78, 5) is 18.7. The van der Waals surface area contributed by atoms with E-state index in [2.05, 4.69) is 14.7 Å². The van der Waals surface area contributed by atoms with Crippen molar-refractivity contribution in [2.24, 2.45) is 0 Å². The number of pyridine rings is 1. The summed E-state index contributed by atoms with van der Waals surface area (Å²) >= 11 is 0. The van der Waals surface area contributed by atoms with E-state index < -0.39 is 38.8 Å². The number of sulfonamides is 1. The van der Waals surface area contributed by atoms with E-state index in [1.807, 2.05) is 18.2 Å². The maximum Gasteiger partial charge on any atom is 0.433 e. The summed E-state index contributed by atoms with van der Waals surface area (Å²) < 4.78 is 71.9. The number of esters is 1. The van der Waals surface area contributed by atoms with Gasteiger partial charge in [-0.2, -0.15) is 17.9 Å². The van der Waals surface area contributed by atoms with E-state index in [0.717, 1.165) is 17.0 Å². The summed E-state index contributed by atoms with van der Waals surface area (Å²) in [5.74, 6) is -0.831. The number of halogens is 3. The van der Waals surface area contributed by atoms with Gasteiger partial charge >= 0.3 is 12.1 Å². The molecule has 4 rings (SSSR count). The molecule has 2 N–H and O–H groups in total. The lowest BCUT2D eigenvalue weighted by Crippen LogP contribution is -2.43. The fourth-order valence-electron chi connectivity index (χ4n) is 3.49. The molecular weight excluding hydrogens is 483 g/mol. The Morgan fingerprint density at radius 1 is 1.03 bits per heavy atom. The van der Waals surface area contributed by atoms with Gasteiger partial charge in [0, 0.05) is 29.7 Å². The SMILES string of the molecule is O=C(OCc1ccccc1)[C@H](Cc1c[nH]c2ccccc12)NS(=O)(=O)c1ccc(C(F)(F)F)nc1. The number of H-pyrrole nitrogens is 1. The zero-order chi connectivity index (χ0) is 25.1. The van der Waals surface area contributed by atoms with Gasteiger partial charge in [0.1, 0.15) is 23.2 Å². The summed E-state index contributed by atoms with van der Waals surface area (Å²) in [6, 6.07) is 16.1. The Bertz CT molecular complexity index is 1420. The van der Waals surface area contributed by atoms with Crippen LogP contribution < -0.4 is 4.72 Å². The molecule has 4 aromatic rings. The fraction of sp³-hybridized carbons (Fsp3) is 0.167. The van der Waals surface area contributed by atoms with Crippen LogP contribution in [0.3, 0.4) is 0 Å². The van der Waals surface area contributed by atoms with Gasteiger partial charge in [-0.15, -0.1) is 0 Å². The van der Waals surface area contributed by atoms with Crippen LogP contribution in [0.5, 0.6) is 0 Å². The lowest BCUT2D eigenvalue weighted by Gasteiger charge is -2.18. The Hall–Kier alpha value is -3.70. The Morgan fingerprint density at radius 3 is 2.43 bits per heavy atom. The van der Waals surface area contributed by atoms with Gasteiger partial charge in [-0.25, -0.2) is 8.42 Å². The first-order chi connectivity index (χ1) is 16.6. The largest absolute Gasteiger partial charge is 0.460 e. The highest BCUT2D eigenvalue weighted by molar-refractivity contribution is 7.89. The van der Waals surface area contributed by atoms with E-state index in [1.165, 1.54) is 0 Å². The van der Waals surface area contributed by atoms with Crippen molar-refractivity contribution in [1.29, 1.82) is 0 Å². The second-order valence-electron chi connectivity index (χ2n) is 7.71. The molecule has 0 spiro atoms. The molecule has 11 heteroatoms. The number of carbonyl (C=O) groups excluding carboxylic acids is 1. The van der Waals surface area contributed by atoms with Crippen LogP contribution in [0.15, 0.2) is 84.0 Å². The molecule has 35 heavy (non-hydrogen) atoms. The van der Waals surface area contributed by atoms with Crippen LogP contribution >= 0.6 is 0 Å². The first-order valence-electron chi connectivity index (χ1n) is 10.4. The number of aromatic nitrogens is 2. The second-order valence-corrected chi connectivity index (χ2v) is 9.42. The van der Waals surface area contributed by atoms with Gasteiger partial charge in [0.25, 0.3) is 0 Å². The summed E-state index contributed by atoms with van der Waals surface area (Å²) in [6.07, 6.45) is -2.50. The van der Waals surface area contributed by atoms with Crippen LogP contribution in [0.2, 0.25) is 0 Å². The van der Waals surface area contributed by atoms with Crippen LogP contribution in [0.1, 0.15) is 16.8 Å². The highest BCUT2D eigenvalue weighted by Crippen LogP contribution is 2.28. The van der Waals surface area contributed by atoms with E-state index in [9.17, 15) is 26.4 Å². The van der Waals surface area contributed by atoms with Gasteiger partial charge < -0.3 is 9.72 Å². The molecule has 2 heterocycles. The number of hydrogen-bond donors (Lipinski definition) is 2. The van der Waals surface area contributed by atoms with Gasteiger partial charge in [0.15, 0.2) is 0 Å². The maximum absolute atomic E-state index is 12.9. The molecule has 0 radical (unpaired) electrons. The van der Waals surface area contributed by atoms with Crippen LogP contribution in [-0.2, 0) is 38.8 Å². The van der Waals surface area contributed by atoms with Gasteiger partial charge in [0.2, 0.25) is 10.0 Å². The second kappa shape index (κ2) is 9.88. The minimum Gasteiger partial charge on any atom is -0.460 e. The Balaban J connectivity index is 1.59. The van der Waals surface area contributed by atoms with Crippen molar-refractivity contribution in [2.45, 2.75) is 30.1 Å². The molecule has 0 saturated carbocycles. The summed E-state index contributed by atoms with van der Waals surface area (Å²) in [5, 5.41) is 0.795. The van der Waals surface area contributed by atoms with Crippen molar-refractivity contribution in [3.63, 3.8) is 0 Å². The van der Waals surface area contributed by atoms with Gasteiger partial charge in [0.05, 0.1) is 0 Å². The topological polar surface area (TPSA) is 101 Å². The number of benzene rings is 2. The first kappa shape index (κ1) is 24.4. The van der Waals surface area contributed by atoms with Crippen molar-refractivity contribution in [3.05, 3.63) is 95.9 Å². The van der Waals surface area contributed by atoms with Crippen molar-refractivity contribution in [2.75, 3.05) is 0 Å². The number of hydrogen-bond acceptors (Lipinski definition) is 5. The number of nitrogens with one attached hydrogen (secondary N) is 2. The van der Waals surface area contributed by atoms with Crippen molar-refractivity contribution >= 4 is 26.9 Å². The standard InChI is InChI=1S/C24H20F3N3O4S/c25-24(26,27)22-11-10-18(14-29-22)35(32,33)30-21(23(31)34-15-16-6-2-1-3-7-16)12-17-13-28-20-9-5-4-8-19(17)20/h1-11,13-14,21,28,30H,12,15H2/t21-/m0/s1. The van der Waals surface area contributed by atoms with Crippen LogP contribution in [0, 0.1) is 0 Å². The Morgan fingerprint density at radius 2 is 1.74 bits per heavy atom. The Kier molecular flexibility index (Phi) is 6.90. The zero-order valence-corrected chi connectivity index (χ0v) is 18.9. The predicted octanol–water partition coefficient (Wildman–Crippen LogP) is 4.21. The molecule has 2 aromatic carbocycles. The third kappa shape index (κ3) is 5.87. The molecule has 0 aliphatic heterocycles. The predicted molar refractivity (Wildman–Crippen MR) is 122 cm³/mol. The smallest absolute Gasteiger partial charge is 0.433 e. The number of nitrogens with zero attached hydrogens (tertiary/aromatic N) is 1. The molecule has 0 unspecified atom stereocenters. The lowest BCUT2D eigenvalue weighted by atomic mass is 10.1. The molecule has 0 aliphatic carbocycles. The van der Waals surface area contributed by atoms with E-state index in [1.54, 1.807) is 42.6 Å². The van der Waals surface area contributed by atoms with Crippen LogP contribution in [-0.4, -0.2) is 30.4 Å². The average molecular weight is 504 g/mol.